The summed E-state index contributed by atoms with van der Waals surface area (Å²) in [4.78, 5) is 2.47. The van der Waals surface area contributed by atoms with Crippen LogP contribution in [0, 0.1) is 13.8 Å². The van der Waals surface area contributed by atoms with Crippen molar-refractivity contribution in [1.82, 2.24) is 0 Å². The summed E-state index contributed by atoms with van der Waals surface area (Å²) >= 11 is 0. The molecule has 0 amide bonds. The van der Waals surface area contributed by atoms with Gasteiger partial charge in [-0.1, -0.05) is 176 Å². The second kappa shape index (κ2) is 13.5. The van der Waals surface area contributed by atoms with Crippen LogP contribution in [0.4, 0.5) is 17.1 Å². The van der Waals surface area contributed by atoms with Gasteiger partial charge in [-0.15, -0.1) is 0 Å². The summed E-state index contributed by atoms with van der Waals surface area (Å²) in [6.07, 6.45) is 0. The Morgan fingerprint density at radius 1 is 0.327 bits per heavy atom. The van der Waals surface area contributed by atoms with Gasteiger partial charge in [-0.3, -0.25) is 0 Å². The van der Waals surface area contributed by atoms with E-state index in [-0.39, 0.29) is 0 Å². The first kappa shape index (κ1) is 32.7. The third-order valence-electron chi connectivity index (χ3n) is 11.3. The Labute approximate surface area is 322 Å². The molecule has 0 heterocycles. The van der Waals surface area contributed by atoms with Gasteiger partial charge in [-0.25, -0.2) is 0 Å². The average Bonchev–Trinajstić information content (AvgIpc) is 3.24. The standard InChI is InChI=1S/C54H39N/c1-36-29-30-40-18-7-9-23-45(40)52(36)53-37(2)35-51(48-24-10-11-25-49(48)53)55(50-28-14-19-38-17-6-8-22-44(38)50)43-33-31-41(32-34-43)47-27-13-21-42-20-12-26-46(54(42)47)39-15-4-3-5-16-39/h3-35H,1-2H3. The van der Waals surface area contributed by atoms with Crippen molar-refractivity contribution in [1.29, 1.82) is 0 Å². The summed E-state index contributed by atoms with van der Waals surface area (Å²) in [7, 11) is 0. The highest BCUT2D eigenvalue weighted by molar-refractivity contribution is 6.13. The molecule has 1 heteroatoms. The Hall–Kier alpha value is -6.96. The van der Waals surface area contributed by atoms with Gasteiger partial charge in [0.05, 0.1) is 11.4 Å². The number of rotatable bonds is 6. The Morgan fingerprint density at radius 3 is 1.58 bits per heavy atom. The minimum atomic E-state index is 1.11. The second-order valence-corrected chi connectivity index (χ2v) is 14.6. The molecule has 0 aliphatic carbocycles. The van der Waals surface area contributed by atoms with E-state index in [0.29, 0.717) is 0 Å². The fourth-order valence-corrected chi connectivity index (χ4v) is 8.76. The Balaban J connectivity index is 1.20. The van der Waals surface area contributed by atoms with Gasteiger partial charge in [0, 0.05) is 16.5 Å². The molecule has 260 valence electrons. The fourth-order valence-electron chi connectivity index (χ4n) is 8.76. The predicted molar refractivity (Wildman–Crippen MR) is 237 cm³/mol. The van der Waals surface area contributed by atoms with Gasteiger partial charge in [0.15, 0.2) is 0 Å². The summed E-state index contributed by atoms with van der Waals surface area (Å²) < 4.78 is 0. The number of benzene rings is 10. The van der Waals surface area contributed by atoms with Crippen LogP contribution >= 0.6 is 0 Å². The Kier molecular flexibility index (Phi) is 8.00. The Bertz CT molecular complexity index is 3040. The molecular formula is C54H39N. The number of nitrogens with zero attached hydrogens (tertiary/aromatic N) is 1. The van der Waals surface area contributed by atoms with E-state index in [1.54, 1.807) is 0 Å². The molecule has 10 rings (SSSR count). The molecule has 0 aromatic heterocycles. The summed E-state index contributed by atoms with van der Waals surface area (Å²) in [6, 6.07) is 73.2. The molecule has 0 saturated heterocycles. The molecular weight excluding hydrogens is 663 g/mol. The van der Waals surface area contributed by atoms with Gasteiger partial charge in [0.2, 0.25) is 0 Å². The molecule has 0 aliphatic heterocycles. The first-order valence-corrected chi connectivity index (χ1v) is 19.1. The van der Waals surface area contributed by atoms with Crippen LogP contribution in [0.3, 0.4) is 0 Å². The van der Waals surface area contributed by atoms with Crippen molar-refractivity contribution in [3.05, 3.63) is 211 Å². The lowest BCUT2D eigenvalue weighted by Gasteiger charge is -2.30. The zero-order chi connectivity index (χ0) is 36.9. The van der Waals surface area contributed by atoms with E-state index in [1.807, 2.05) is 0 Å². The van der Waals surface area contributed by atoms with Crippen LogP contribution < -0.4 is 4.90 Å². The molecule has 0 bridgehead atoms. The monoisotopic (exact) mass is 701 g/mol. The van der Waals surface area contributed by atoms with E-state index in [1.165, 1.54) is 87.6 Å². The van der Waals surface area contributed by atoms with Gasteiger partial charge < -0.3 is 4.90 Å². The SMILES string of the molecule is Cc1ccc2ccccc2c1-c1c(C)cc(N(c2ccc(-c3cccc4cccc(-c5ccccc5)c34)cc2)c2cccc3ccccc23)c2ccccc12. The van der Waals surface area contributed by atoms with Crippen molar-refractivity contribution in [3.8, 4) is 33.4 Å². The van der Waals surface area contributed by atoms with Gasteiger partial charge >= 0.3 is 0 Å². The summed E-state index contributed by atoms with van der Waals surface area (Å²) in [6.45, 7) is 4.52. The van der Waals surface area contributed by atoms with Crippen LogP contribution in [0.25, 0.3) is 76.5 Å². The smallest absolute Gasteiger partial charge is 0.0543 e. The molecule has 10 aromatic rings. The minimum Gasteiger partial charge on any atom is -0.309 e. The van der Waals surface area contributed by atoms with Crippen molar-refractivity contribution >= 4 is 60.2 Å². The molecule has 0 saturated carbocycles. The van der Waals surface area contributed by atoms with E-state index >= 15 is 0 Å². The van der Waals surface area contributed by atoms with Crippen molar-refractivity contribution < 1.29 is 0 Å². The topological polar surface area (TPSA) is 3.24 Å². The van der Waals surface area contributed by atoms with Gasteiger partial charge in [0.1, 0.15) is 0 Å². The quantitative estimate of drug-likeness (QED) is 0.167. The van der Waals surface area contributed by atoms with Crippen LogP contribution in [0.2, 0.25) is 0 Å². The van der Waals surface area contributed by atoms with Crippen molar-refractivity contribution in [3.63, 3.8) is 0 Å². The van der Waals surface area contributed by atoms with Gasteiger partial charge in [-0.05, 0) is 115 Å². The van der Waals surface area contributed by atoms with Crippen molar-refractivity contribution in [2.45, 2.75) is 13.8 Å². The molecule has 0 radical (unpaired) electrons. The highest BCUT2D eigenvalue weighted by atomic mass is 15.1. The predicted octanol–water partition coefficient (Wildman–Crippen LogP) is 15.4. The van der Waals surface area contributed by atoms with E-state index < -0.39 is 0 Å². The number of aryl methyl sites for hydroxylation is 2. The van der Waals surface area contributed by atoms with Crippen LogP contribution in [0.5, 0.6) is 0 Å². The van der Waals surface area contributed by atoms with Gasteiger partial charge in [-0.2, -0.15) is 0 Å². The van der Waals surface area contributed by atoms with E-state index in [9.17, 15) is 0 Å². The lowest BCUT2D eigenvalue weighted by molar-refractivity contribution is 1.30. The molecule has 10 aromatic carbocycles. The third-order valence-corrected chi connectivity index (χ3v) is 11.3. The first-order valence-electron chi connectivity index (χ1n) is 19.1. The third kappa shape index (κ3) is 5.56. The lowest BCUT2D eigenvalue weighted by atomic mass is 9.87. The van der Waals surface area contributed by atoms with Crippen LogP contribution in [-0.2, 0) is 0 Å². The van der Waals surface area contributed by atoms with Gasteiger partial charge in [0.25, 0.3) is 0 Å². The fraction of sp³-hybridized carbons (Fsp3) is 0.0370. The molecule has 0 N–H and O–H groups in total. The maximum absolute atomic E-state index is 2.47. The maximum atomic E-state index is 2.47. The molecule has 0 atom stereocenters. The molecule has 0 spiro atoms. The van der Waals surface area contributed by atoms with Crippen LogP contribution in [-0.4, -0.2) is 0 Å². The number of fused-ring (bicyclic) bond motifs is 4. The van der Waals surface area contributed by atoms with E-state index in [4.69, 9.17) is 0 Å². The van der Waals surface area contributed by atoms with E-state index in [2.05, 4.69) is 219 Å². The summed E-state index contributed by atoms with van der Waals surface area (Å²) in [5.74, 6) is 0. The van der Waals surface area contributed by atoms with Crippen molar-refractivity contribution in [2.75, 3.05) is 4.90 Å². The highest BCUT2D eigenvalue weighted by Gasteiger charge is 2.22. The zero-order valence-electron chi connectivity index (χ0n) is 31.0. The molecule has 1 nitrogen and oxygen atoms in total. The molecule has 0 fully saturated rings. The summed E-state index contributed by atoms with van der Waals surface area (Å²) in [5.41, 5.74) is 13.5. The number of anilines is 3. The lowest BCUT2D eigenvalue weighted by Crippen LogP contribution is -2.12. The maximum Gasteiger partial charge on any atom is 0.0543 e. The average molecular weight is 702 g/mol. The number of hydrogen-bond donors (Lipinski definition) is 0. The zero-order valence-corrected chi connectivity index (χ0v) is 31.0. The first-order chi connectivity index (χ1) is 27.1. The highest BCUT2D eigenvalue weighted by Crippen LogP contribution is 2.47. The summed E-state index contributed by atoms with van der Waals surface area (Å²) in [5, 5.41) is 9.96. The Morgan fingerprint density at radius 2 is 0.855 bits per heavy atom. The van der Waals surface area contributed by atoms with Crippen molar-refractivity contribution in [2.24, 2.45) is 0 Å². The molecule has 55 heavy (non-hydrogen) atoms. The molecule has 0 aliphatic rings. The normalized spacial score (nSPS) is 11.5. The number of hydrogen-bond acceptors (Lipinski definition) is 1. The van der Waals surface area contributed by atoms with E-state index in [0.717, 1.165) is 17.1 Å². The second-order valence-electron chi connectivity index (χ2n) is 14.6. The molecule has 0 unspecified atom stereocenters. The van der Waals surface area contributed by atoms with Crippen LogP contribution in [0.15, 0.2) is 200 Å². The largest absolute Gasteiger partial charge is 0.309 e. The minimum absolute atomic E-state index is 1.11. The van der Waals surface area contributed by atoms with Crippen LogP contribution in [0.1, 0.15) is 11.1 Å².